The van der Waals surface area contributed by atoms with Crippen LogP contribution in [-0.2, 0) is 18.4 Å². The van der Waals surface area contributed by atoms with Gasteiger partial charge in [0, 0.05) is 25.5 Å². The number of rotatable bonds is 4. The number of aromatic nitrogens is 2. The van der Waals surface area contributed by atoms with E-state index in [1.165, 1.54) is 0 Å². The number of imidazole rings is 1. The van der Waals surface area contributed by atoms with Crippen LogP contribution in [0.4, 0.5) is 0 Å². The number of carbonyl (C=O) groups is 1. The van der Waals surface area contributed by atoms with Gasteiger partial charge in [-0.25, -0.2) is 4.98 Å². The third-order valence-corrected chi connectivity index (χ3v) is 4.12. The van der Waals surface area contributed by atoms with Crippen molar-refractivity contribution in [2.75, 3.05) is 7.05 Å². The number of hydrogen-bond acceptors (Lipinski definition) is 4. The van der Waals surface area contributed by atoms with Crippen molar-refractivity contribution >= 4 is 5.97 Å². The van der Waals surface area contributed by atoms with E-state index in [2.05, 4.69) is 9.88 Å². The van der Waals surface area contributed by atoms with Gasteiger partial charge in [-0.3, -0.25) is 9.69 Å². The lowest BCUT2D eigenvalue weighted by molar-refractivity contribution is -0.145. The number of aliphatic carboxylic acids is 1. The van der Waals surface area contributed by atoms with Gasteiger partial charge in [0.1, 0.15) is 11.4 Å². The zero-order valence-electron chi connectivity index (χ0n) is 11.5. The monoisotopic (exact) mass is 266 g/mol. The highest BCUT2D eigenvalue weighted by Gasteiger charge is 2.40. The average molecular weight is 266 g/mol. The molecule has 0 bridgehead atoms. The van der Waals surface area contributed by atoms with Crippen molar-refractivity contribution in [2.45, 2.75) is 43.8 Å². The molecule has 0 radical (unpaired) electrons. The van der Waals surface area contributed by atoms with Crippen LogP contribution in [0.25, 0.3) is 0 Å². The molecule has 1 saturated carbocycles. The zero-order chi connectivity index (χ0) is 14.0. The lowest BCUT2D eigenvalue weighted by Gasteiger charge is -2.38. The third-order valence-electron chi connectivity index (χ3n) is 4.12. The first-order chi connectivity index (χ1) is 8.92. The first-order valence-corrected chi connectivity index (χ1v) is 6.61. The van der Waals surface area contributed by atoms with E-state index in [9.17, 15) is 9.90 Å². The molecule has 2 atom stereocenters. The molecule has 6 heteroatoms. The Labute approximate surface area is 113 Å². The van der Waals surface area contributed by atoms with E-state index in [0.29, 0.717) is 19.4 Å². The average Bonchev–Trinajstić information content (AvgIpc) is 2.75. The van der Waals surface area contributed by atoms with E-state index in [0.717, 1.165) is 18.7 Å². The molecule has 19 heavy (non-hydrogen) atoms. The van der Waals surface area contributed by atoms with Crippen molar-refractivity contribution in [3.8, 4) is 0 Å². The van der Waals surface area contributed by atoms with Gasteiger partial charge in [-0.2, -0.15) is 0 Å². The van der Waals surface area contributed by atoms with E-state index in [1.807, 2.05) is 24.9 Å². The van der Waals surface area contributed by atoms with Crippen LogP contribution in [0, 0.1) is 0 Å². The fourth-order valence-corrected chi connectivity index (χ4v) is 2.75. The Morgan fingerprint density at radius 2 is 2.47 bits per heavy atom. The van der Waals surface area contributed by atoms with Gasteiger partial charge in [0.25, 0.3) is 0 Å². The smallest absolute Gasteiger partial charge is 0.323 e. The molecule has 0 amide bonds. The maximum absolute atomic E-state index is 11.3. The molecule has 1 aliphatic carbocycles. The summed E-state index contributed by atoms with van der Waals surface area (Å²) in [6.07, 6.45) is 6.60. The predicted octanol–water partition coefficient (Wildman–Crippen LogP) is 0.577. The normalized spacial score (nSPS) is 27.7. The summed E-state index contributed by atoms with van der Waals surface area (Å²) in [7, 11) is 3.97. The fraction of sp³-hybridized carbons (Fsp3) is 0.692. The molecule has 3 N–H and O–H groups in total. The van der Waals surface area contributed by atoms with Crippen molar-refractivity contribution in [3.05, 3.63) is 18.2 Å². The van der Waals surface area contributed by atoms with Gasteiger partial charge in [0.15, 0.2) is 0 Å². The Kier molecular flexibility index (Phi) is 3.91. The highest BCUT2D eigenvalue weighted by molar-refractivity contribution is 5.78. The molecule has 6 nitrogen and oxygen atoms in total. The van der Waals surface area contributed by atoms with Gasteiger partial charge in [-0.15, -0.1) is 0 Å². The minimum absolute atomic E-state index is 0.201. The second-order valence-corrected chi connectivity index (χ2v) is 5.58. The molecule has 1 fully saturated rings. The van der Waals surface area contributed by atoms with E-state index in [4.69, 9.17) is 5.73 Å². The standard InChI is InChI=1S/C13H22N4O2/c1-16-7-6-15-11(16)9-17(2)10-4-3-5-13(14,8-10)12(18)19/h6-7,10H,3-5,8-9,14H2,1-2H3,(H,18,19). The van der Waals surface area contributed by atoms with Crippen LogP contribution in [0.3, 0.4) is 0 Å². The minimum atomic E-state index is -1.07. The number of carboxylic acids is 1. The molecule has 106 valence electrons. The Hall–Kier alpha value is -1.40. The van der Waals surface area contributed by atoms with Crippen molar-refractivity contribution in [1.82, 2.24) is 14.5 Å². The summed E-state index contributed by atoms with van der Waals surface area (Å²) in [6, 6.07) is 0.201. The minimum Gasteiger partial charge on any atom is -0.480 e. The number of aryl methyl sites for hydroxylation is 1. The van der Waals surface area contributed by atoms with Gasteiger partial charge in [-0.05, 0) is 32.7 Å². The summed E-state index contributed by atoms with van der Waals surface area (Å²) in [5, 5.41) is 9.24. The summed E-state index contributed by atoms with van der Waals surface area (Å²) in [5.41, 5.74) is 4.92. The van der Waals surface area contributed by atoms with Crippen LogP contribution >= 0.6 is 0 Å². The Bertz CT molecular complexity index is 459. The van der Waals surface area contributed by atoms with Gasteiger partial charge in [0.2, 0.25) is 0 Å². The lowest BCUT2D eigenvalue weighted by atomic mass is 9.79. The summed E-state index contributed by atoms with van der Waals surface area (Å²) in [5.74, 6) is 0.0913. The van der Waals surface area contributed by atoms with Crippen LogP contribution in [0.1, 0.15) is 31.5 Å². The van der Waals surface area contributed by atoms with Gasteiger partial charge < -0.3 is 15.4 Å². The van der Waals surface area contributed by atoms with Crippen molar-refractivity contribution in [2.24, 2.45) is 12.8 Å². The molecule has 1 heterocycles. The molecule has 1 aromatic heterocycles. The topological polar surface area (TPSA) is 84.4 Å². The molecule has 1 aromatic rings. The predicted molar refractivity (Wildman–Crippen MR) is 71.5 cm³/mol. The molecule has 0 aromatic carbocycles. The van der Waals surface area contributed by atoms with Crippen molar-refractivity contribution in [1.29, 1.82) is 0 Å². The fourth-order valence-electron chi connectivity index (χ4n) is 2.75. The SMILES string of the molecule is CN(Cc1nccn1C)C1CCCC(N)(C(=O)O)C1. The van der Waals surface area contributed by atoms with Crippen LogP contribution in [-0.4, -0.2) is 44.2 Å². The van der Waals surface area contributed by atoms with Gasteiger partial charge >= 0.3 is 5.97 Å². The second kappa shape index (κ2) is 5.30. The highest BCUT2D eigenvalue weighted by atomic mass is 16.4. The van der Waals surface area contributed by atoms with Crippen molar-refractivity contribution < 1.29 is 9.90 Å². The molecule has 1 aliphatic rings. The van der Waals surface area contributed by atoms with Gasteiger partial charge in [-0.1, -0.05) is 0 Å². The van der Waals surface area contributed by atoms with Crippen LogP contribution < -0.4 is 5.73 Å². The number of nitrogens with two attached hydrogens (primary N) is 1. The Morgan fingerprint density at radius 1 is 1.74 bits per heavy atom. The summed E-state index contributed by atoms with van der Waals surface area (Å²) < 4.78 is 1.98. The molecule has 0 saturated heterocycles. The highest BCUT2D eigenvalue weighted by Crippen LogP contribution is 2.29. The molecular weight excluding hydrogens is 244 g/mol. The first-order valence-electron chi connectivity index (χ1n) is 6.61. The van der Waals surface area contributed by atoms with Gasteiger partial charge in [0.05, 0.1) is 6.54 Å². The Morgan fingerprint density at radius 3 is 3.05 bits per heavy atom. The van der Waals surface area contributed by atoms with E-state index >= 15 is 0 Å². The molecule has 0 spiro atoms. The molecule has 0 aliphatic heterocycles. The van der Waals surface area contributed by atoms with Crippen molar-refractivity contribution in [3.63, 3.8) is 0 Å². The van der Waals surface area contributed by atoms with Crippen LogP contribution in [0.15, 0.2) is 12.4 Å². The zero-order valence-corrected chi connectivity index (χ0v) is 11.5. The second-order valence-electron chi connectivity index (χ2n) is 5.58. The third kappa shape index (κ3) is 2.96. The number of nitrogens with zero attached hydrogens (tertiary/aromatic N) is 3. The maximum Gasteiger partial charge on any atom is 0.323 e. The van der Waals surface area contributed by atoms with Crippen LogP contribution in [0.2, 0.25) is 0 Å². The maximum atomic E-state index is 11.3. The summed E-state index contributed by atoms with van der Waals surface area (Å²) in [6.45, 7) is 0.712. The first kappa shape index (κ1) is 14.0. The summed E-state index contributed by atoms with van der Waals surface area (Å²) in [4.78, 5) is 17.7. The molecule has 2 unspecified atom stereocenters. The van der Waals surface area contributed by atoms with E-state index in [1.54, 1.807) is 6.20 Å². The Balaban J connectivity index is 2.01. The molecular formula is C13H22N4O2. The summed E-state index contributed by atoms with van der Waals surface area (Å²) >= 11 is 0. The quantitative estimate of drug-likeness (QED) is 0.832. The molecule has 2 rings (SSSR count). The number of carboxylic acid groups (broad SMARTS) is 1. The van der Waals surface area contributed by atoms with E-state index in [-0.39, 0.29) is 6.04 Å². The largest absolute Gasteiger partial charge is 0.480 e. The van der Waals surface area contributed by atoms with Crippen LogP contribution in [0.5, 0.6) is 0 Å². The number of hydrogen-bond donors (Lipinski definition) is 2. The van der Waals surface area contributed by atoms with E-state index < -0.39 is 11.5 Å². The lowest BCUT2D eigenvalue weighted by Crippen LogP contribution is -2.55.